The Labute approximate surface area is 109 Å². The van der Waals surface area contributed by atoms with Crippen LogP contribution in [0.3, 0.4) is 0 Å². The highest BCUT2D eigenvalue weighted by Crippen LogP contribution is 2.33. The fraction of sp³-hybridized carbons (Fsp3) is 0.500. The van der Waals surface area contributed by atoms with Gasteiger partial charge in [-0.15, -0.1) is 0 Å². The number of halogens is 3. The zero-order valence-corrected chi connectivity index (χ0v) is 10.7. The first-order valence-corrected chi connectivity index (χ1v) is 5.86. The summed E-state index contributed by atoms with van der Waals surface area (Å²) in [5.74, 6) is -0.473. The predicted octanol–water partition coefficient (Wildman–Crippen LogP) is 2.43. The summed E-state index contributed by atoms with van der Waals surface area (Å²) in [6.07, 6.45) is -3.10. The van der Waals surface area contributed by atoms with E-state index in [0.29, 0.717) is 0 Å². The summed E-state index contributed by atoms with van der Waals surface area (Å²) in [6, 6.07) is 2.18. The van der Waals surface area contributed by atoms with Gasteiger partial charge < -0.3 is 10.6 Å². The third-order valence-electron chi connectivity index (χ3n) is 2.21. The average Bonchev–Trinajstić information content (AvgIpc) is 2.27. The second-order valence-electron chi connectivity index (χ2n) is 4.30. The molecular formula is C12H16F3N3O. The number of rotatable bonds is 5. The molecule has 0 fully saturated rings. The van der Waals surface area contributed by atoms with Gasteiger partial charge in [0.2, 0.25) is 5.91 Å². The Hall–Kier alpha value is -1.79. The molecule has 2 N–H and O–H groups in total. The first-order valence-electron chi connectivity index (χ1n) is 5.86. The second kappa shape index (κ2) is 6.40. The number of anilines is 1. The number of amides is 1. The van der Waals surface area contributed by atoms with E-state index < -0.39 is 11.7 Å². The monoisotopic (exact) mass is 275 g/mol. The molecule has 0 spiro atoms. The van der Waals surface area contributed by atoms with E-state index >= 15 is 0 Å². The van der Waals surface area contributed by atoms with Crippen molar-refractivity contribution in [2.75, 3.05) is 11.9 Å². The molecule has 0 unspecified atom stereocenters. The molecule has 0 saturated heterocycles. The van der Waals surface area contributed by atoms with Crippen molar-refractivity contribution in [1.82, 2.24) is 10.3 Å². The Morgan fingerprint density at radius 1 is 1.42 bits per heavy atom. The Morgan fingerprint density at radius 3 is 2.68 bits per heavy atom. The van der Waals surface area contributed by atoms with E-state index in [1.165, 1.54) is 12.3 Å². The Bertz CT molecular complexity index is 432. The van der Waals surface area contributed by atoms with E-state index in [0.717, 1.165) is 6.07 Å². The molecule has 19 heavy (non-hydrogen) atoms. The van der Waals surface area contributed by atoms with Crippen molar-refractivity contribution < 1.29 is 18.0 Å². The first kappa shape index (κ1) is 15.3. The van der Waals surface area contributed by atoms with Crippen LogP contribution >= 0.6 is 0 Å². The van der Waals surface area contributed by atoms with Crippen LogP contribution < -0.4 is 10.6 Å². The van der Waals surface area contributed by atoms with E-state index in [1.807, 2.05) is 13.8 Å². The maximum absolute atomic E-state index is 12.6. The molecule has 4 nitrogen and oxygen atoms in total. The minimum atomic E-state index is -4.46. The van der Waals surface area contributed by atoms with Crippen LogP contribution in [-0.4, -0.2) is 23.5 Å². The van der Waals surface area contributed by atoms with E-state index in [2.05, 4.69) is 15.6 Å². The molecule has 1 rings (SSSR count). The summed E-state index contributed by atoms with van der Waals surface area (Å²) in [7, 11) is 0. The van der Waals surface area contributed by atoms with Crippen molar-refractivity contribution in [3.05, 3.63) is 23.9 Å². The largest absolute Gasteiger partial charge is 0.419 e. The number of carbonyl (C=O) groups excluding carboxylic acids is 1. The molecule has 0 bridgehead atoms. The molecule has 1 amide bonds. The Morgan fingerprint density at radius 2 is 2.11 bits per heavy atom. The molecule has 1 heterocycles. The lowest BCUT2D eigenvalue weighted by Crippen LogP contribution is -2.31. The van der Waals surface area contributed by atoms with Crippen molar-refractivity contribution in [2.24, 2.45) is 0 Å². The zero-order valence-electron chi connectivity index (χ0n) is 10.7. The SMILES string of the molecule is CC(C)NC(=O)CCNc1ncccc1C(F)(F)F. The van der Waals surface area contributed by atoms with Gasteiger partial charge in [-0.2, -0.15) is 13.2 Å². The van der Waals surface area contributed by atoms with Crippen molar-refractivity contribution >= 4 is 11.7 Å². The van der Waals surface area contributed by atoms with Crippen LogP contribution in [0.15, 0.2) is 18.3 Å². The average molecular weight is 275 g/mol. The number of alkyl halides is 3. The lowest BCUT2D eigenvalue weighted by atomic mass is 10.2. The molecule has 0 aliphatic rings. The smallest absolute Gasteiger partial charge is 0.369 e. The van der Waals surface area contributed by atoms with Crippen molar-refractivity contribution in [3.63, 3.8) is 0 Å². The number of hydrogen-bond acceptors (Lipinski definition) is 3. The van der Waals surface area contributed by atoms with Gasteiger partial charge in [0.25, 0.3) is 0 Å². The molecule has 1 aromatic heterocycles. The van der Waals surface area contributed by atoms with E-state index in [9.17, 15) is 18.0 Å². The number of carbonyl (C=O) groups is 1. The molecule has 0 radical (unpaired) electrons. The summed E-state index contributed by atoms with van der Waals surface area (Å²) in [4.78, 5) is 15.0. The Kier molecular flexibility index (Phi) is 5.14. The van der Waals surface area contributed by atoms with Gasteiger partial charge in [0.05, 0.1) is 5.56 Å². The van der Waals surface area contributed by atoms with Crippen molar-refractivity contribution in [1.29, 1.82) is 0 Å². The maximum Gasteiger partial charge on any atom is 0.419 e. The number of pyridine rings is 1. The van der Waals surface area contributed by atoms with Crippen LogP contribution in [0.5, 0.6) is 0 Å². The molecule has 7 heteroatoms. The third-order valence-corrected chi connectivity index (χ3v) is 2.21. The minimum Gasteiger partial charge on any atom is -0.369 e. The highest BCUT2D eigenvalue weighted by molar-refractivity contribution is 5.76. The summed E-state index contributed by atoms with van der Waals surface area (Å²) in [6.45, 7) is 3.72. The molecule has 1 aromatic rings. The fourth-order valence-electron chi connectivity index (χ4n) is 1.46. The molecule has 106 valence electrons. The molecule has 0 atom stereocenters. The number of aromatic nitrogens is 1. The number of hydrogen-bond donors (Lipinski definition) is 2. The topological polar surface area (TPSA) is 54.0 Å². The van der Waals surface area contributed by atoms with Crippen LogP contribution in [0.25, 0.3) is 0 Å². The van der Waals surface area contributed by atoms with Gasteiger partial charge in [-0.05, 0) is 26.0 Å². The molecule has 0 saturated carbocycles. The van der Waals surface area contributed by atoms with Crippen molar-refractivity contribution in [2.45, 2.75) is 32.5 Å². The predicted molar refractivity (Wildman–Crippen MR) is 65.6 cm³/mol. The van der Waals surface area contributed by atoms with Crippen LogP contribution in [0.1, 0.15) is 25.8 Å². The van der Waals surface area contributed by atoms with Gasteiger partial charge in [0, 0.05) is 25.2 Å². The highest BCUT2D eigenvalue weighted by atomic mass is 19.4. The minimum absolute atomic E-state index is 0.00749. The summed E-state index contributed by atoms with van der Waals surface area (Å²) >= 11 is 0. The lowest BCUT2D eigenvalue weighted by Gasteiger charge is -2.13. The van der Waals surface area contributed by atoms with Gasteiger partial charge >= 0.3 is 6.18 Å². The van der Waals surface area contributed by atoms with Crippen LogP contribution in [0.2, 0.25) is 0 Å². The standard InChI is InChI=1S/C12H16F3N3O/c1-8(2)18-10(19)5-7-17-11-9(12(13,14)15)4-3-6-16-11/h3-4,6,8H,5,7H2,1-2H3,(H,16,17)(H,18,19). The third kappa shape index (κ3) is 5.15. The Balaban J connectivity index is 2.57. The van der Waals surface area contributed by atoms with Gasteiger partial charge in [-0.3, -0.25) is 4.79 Å². The fourth-order valence-corrected chi connectivity index (χ4v) is 1.46. The molecular weight excluding hydrogens is 259 g/mol. The van der Waals surface area contributed by atoms with E-state index in [-0.39, 0.29) is 30.7 Å². The first-order chi connectivity index (χ1) is 8.80. The number of nitrogens with zero attached hydrogens (tertiary/aromatic N) is 1. The quantitative estimate of drug-likeness (QED) is 0.867. The maximum atomic E-state index is 12.6. The van der Waals surface area contributed by atoms with Crippen LogP contribution in [0, 0.1) is 0 Å². The number of nitrogens with one attached hydrogen (secondary N) is 2. The normalized spacial score (nSPS) is 11.5. The van der Waals surface area contributed by atoms with E-state index in [1.54, 1.807) is 0 Å². The summed E-state index contributed by atoms with van der Waals surface area (Å²) in [5.41, 5.74) is -0.834. The summed E-state index contributed by atoms with van der Waals surface area (Å²) in [5, 5.41) is 5.18. The molecule has 0 aromatic carbocycles. The van der Waals surface area contributed by atoms with Gasteiger partial charge in [0.15, 0.2) is 0 Å². The van der Waals surface area contributed by atoms with Crippen LogP contribution in [-0.2, 0) is 11.0 Å². The molecule has 0 aliphatic heterocycles. The second-order valence-corrected chi connectivity index (χ2v) is 4.30. The molecule has 0 aliphatic carbocycles. The van der Waals surface area contributed by atoms with Gasteiger partial charge in [-0.1, -0.05) is 0 Å². The van der Waals surface area contributed by atoms with Crippen LogP contribution in [0.4, 0.5) is 19.0 Å². The van der Waals surface area contributed by atoms with Gasteiger partial charge in [-0.25, -0.2) is 4.98 Å². The summed E-state index contributed by atoms with van der Waals surface area (Å²) < 4.78 is 37.9. The van der Waals surface area contributed by atoms with Crippen molar-refractivity contribution in [3.8, 4) is 0 Å². The zero-order chi connectivity index (χ0) is 14.5. The lowest BCUT2D eigenvalue weighted by molar-refractivity contribution is -0.137. The highest BCUT2D eigenvalue weighted by Gasteiger charge is 2.33. The van der Waals surface area contributed by atoms with Gasteiger partial charge in [0.1, 0.15) is 5.82 Å². The van der Waals surface area contributed by atoms with E-state index in [4.69, 9.17) is 0 Å².